The number of carbonyl (C=O) groups excluding carboxylic acids is 2. The van der Waals surface area contributed by atoms with Crippen LogP contribution >= 0.6 is 0 Å². The Morgan fingerprint density at radius 2 is 1.79 bits per heavy atom. The summed E-state index contributed by atoms with van der Waals surface area (Å²) in [6, 6.07) is 6.31. The van der Waals surface area contributed by atoms with Gasteiger partial charge in [-0.2, -0.15) is 13.2 Å². The molecule has 1 aromatic carbocycles. The Bertz CT molecular complexity index is 1330. The summed E-state index contributed by atoms with van der Waals surface area (Å²) < 4.78 is 79.2. The van der Waals surface area contributed by atoms with Crippen LogP contribution in [0.1, 0.15) is 55.3 Å². The van der Waals surface area contributed by atoms with E-state index < -0.39 is 48.1 Å². The van der Waals surface area contributed by atoms with Crippen LogP contribution in [0.3, 0.4) is 0 Å². The first kappa shape index (κ1) is 27.3. The molecule has 3 heterocycles. The number of ether oxygens (including phenoxy) is 1. The van der Waals surface area contributed by atoms with Crippen LogP contribution in [-0.2, 0) is 17.5 Å². The number of halogens is 5. The van der Waals surface area contributed by atoms with Gasteiger partial charge >= 0.3 is 12.3 Å². The van der Waals surface area contributed by atoms with Crippen molar-refractivity contribution >= 4 is 23.0 Å². The van der Waals surface area contributed by atoms with Crippen LogP contribution in [0.4, 0.5) is 26.7 Å². The zero-order valence-electron chi connectivity index (χ0n) is 20.9. The minimum atomic E-state index is -4.71. The average Bonchev–Trinajstić information content (AvgIpc) is 3.23. The van der Waals surface area contributed by atoms with Crippen molar-refractivity contribution in [3.05, 3.63) is 53.4 Å². The van der Waals surface area contributed by atoms with Crippen molar-refractivity contribution in [2.24, 2.45) is 0 Å². The number of amides is 2. The third-order valence-corrected chi connectivity index (χ3v) is 5.89. The summed E-state index contributed by atoms with van der Waals surface area (Å²) >= 11 is 0. The molecule has 1 fully saturated rings. The van der Waals surface area contributed by atoms with E-state index in [1.165, 1.54) is 35.4 Å². The maximum absolute atomic E-state index is 13.9. The molecule has 0 atom stereocenters. The Morgan fingerprint density at radius 1 is 1.11 bits per heavy atom. The van der Waals surface area contributed by atoms with Gasteiger partial charge < -0.3 is 19.4 Å². The van der Waals surface area contributed by atoms with Crippen LogP contribution in [0.5, 0.6) is 0 Å². The van der Waals surface area contributed by atoms with Gasteiger partial charge in [-0.25, -0.2) is 13.6 Å². The molecule has 2 aromatic heterocycles. The van der Waals surface area contributed by atoms with Gasteiger partial charge in [-0.15, -0.1) is 0 Å². The van der Waals surface area contributed by atoms with Gasteiger partial charge in [0.05, 0.1) is 23.4 Å². The number of fused-ring (bicyclic) bond motifs is 1. The molecule has 1 N–H and O–H groups in total. The fourth-order valence-electron chi connectivity index (χ4n) is 4.05. The van der Waals surface area contributed by atoms with Crippen molar-refractivity contribution in [3.63, 3.8) is 0 Å². The Morgan fingerprint density at radius 3 is 2.37 bits per heavy atom. The van der Waals surface area contributed by atoms with Crippen molar-refractivity contribution in [2.75, 3.05) is 13.1 Å². The number of rotatable bonds is 4. The Kier molecular flexibility index (Phi) is 7.11. The Labute approximate surface area is 214 Å². The first-order valence-electron chi connectivity index (χ1n) is 11.9. The van der Waals surface area contributed by atoms with Crippen molar-refractivity contribution in [3.8, 4) is 11.3 Å². The van der Waals surface area contributed by atoms with E-state index in [-0.39, 0.29) is 53.2 Å². The molecule has 1 saturated heterocycles. The predicted octanol–water partition coefficient (Wildman–Crippen LogP) is 6.41. The van der Waals surface area contributed by atoms with Gasteiger partial charge in [-0.3, -0.25) is 9.78 Å². The van der Waals surface area contributed by atoms with E-state index in [0.29, 0.717) is 0 Å². The highest BCUT2D eigenvalue weighted by Gasteiger charge is 2.36. The van der Waals surface area contributed by atoms with E-state index in [9.17, 15) is 31.5 Å². The lowest BCUT2D eigenvalue weighted by atomic mass is 10.0. The number of nitrogens with one attached hydrogen (secondary N) is 1. The average molecular weight is 540 g/mol. The number of alkyl carbamates (subject to hydrolysis) is 1. The summed E-state index contributed by atoms with van der Waals surface area (Å²) in [4.78, 5) is 30.0. The fourth-order valence-corrected chi connectivity index (χ4v) is 4.05. The van der Waals surface area contributed by atoms with Crippen molar-refractivity contribution in [1.29, 1.82) is 0 Å². The normalized spacial score (nSPS) is 15.9. The molecular formula is C26H26F5N3O4. The molecule has 3 aromatic rings. The zero-order chi connectivity index (χ0) is 27.9. The highest BCUT2D eigenvalue weighted by atomic mass is 19.4. The number of benzene rings is 1. The van der Waals surface area contributed by atoms with Crippen LogP contribution < -0.4 is 5.32 Å². The van der Waals surface area contributed by atoms with Gasteiger partial charge in [0.2, 0.25) is 0 Å². The number of hydrogen-bond acceptors (Lipinski definition) is 5. The van der Waals surface area contributed by atoms with Crippen LogP contribution in [0, 0.1) is 0 Å². The van der Waals surface area contributed by atoms with Crippen LogP contribution in [-0.4, -0.2) is 46.5 Å². The number of pyridine rings is 1. The van der Waals surface area contributed by atoms with E-state index >= 15 is 0 Å². The summed E-state index contributed by atoms with van der Waals surface area (Å²) in [5.41, 5.74) is -1.36. The van der Waals surface area contributed by atoms with Crippen LogP contribution in [0.25, 0.3) is 22.2 Å². The first-order chi connectivity index (χ1) is 17.6. The topological polar surface area (TPSA) is 84.7 Å². The lowest BCUT2D eigenvalue weighted by molar-refractivity contribution is -0.136. The maximum atomic E-state index is 13.9. The number of piperidine rings is 1. The monoisotopic (exact) mass is 539 g/mol. The molecule has 2 amide bonds. The molecule has 0 saturated carbocycles. The van der Waals surface area contributed by atoms with E-state index in [1.807, 2.05) is 0 Å². The summed E-state index contributed by atoms with van der Waals surface area (Å²) in [5, 5.41) is 2.26. The van der Waals surface area contributed by atoms with Crippen LogP contribution in [0.15, 0.2) is 40.9 Å². The highest BCUT2D eigenvalue weighted by Crippen LogP contribution is 2.39. The quantitative estimate of drug-likeness (QED) is 0.388. The number of furan rings is 1. The SMILES string of the molecule is CC(C)(C)OC(=O)NCc1cc2c(C(F)(F)F)cc(-c3ccc(C(=O)N4CCC(F)(F)CC4)cn3)cc2o1. The van der Waals surface area contributed by atoms with E-state index in [4.69, 9.17) is 9.15 Å². The molecular weight excluding hydrogens is 513 g/mol. The highest BCUT2D eigenvalue weighted by molar-refractivity contribution is 5.94. The predicted molar refractivity (Wildman–Crippen MR) is 128 cm³/mol. The standard InChI is InChI=1S/C26H26F5N3O4/c1-24(2,3)38-23(36)33-14-17-12-18-19(26(29,30)31)10-16(11-21(18)37-17)20-5-4-15(13-32-20)22(35)34-8-6-25(27,28)7-9-34/h4-5,10-13H,6-9,14H2,1-3H3,(H,33,36). The van der Waals surface area contributed by atoms with Gasteiger partial charge in [0, 0.05) is 43.1 Å². The van der Waals surface area contributed by atoms with Gasteiger partial charge in [0.1, 0.15) is 16.9 Å². The lowest BCUT2D eigenvalue weighted by Crippen LogP contribution is -2.42. The molecule has 38 heavy (non-hydrogen) atoms. The second-order valence-electron chi connectivity index (χ2n) is 10.1. The molecule has 0 aliphatic carbocycles. The number of hydrogen-bond donors (Lipinski definition) is 1. The molecule has 7 nitrogen and oxygen atoms in total. The smallest absolute Gasteiger partial charge is 0.417 e. The van der Waals surface area contributed by atoms with Crippen molar-refractivity contribution in [2.45, 2.75) is 57.9 Å². The Balaban J connectivity index is 1.57. The third-order valence-electron chi connectivity index (χ3n) is 5.89. The fraction of sp³-hybridized carbons (Fsp3) is 0.423. The molecule has 0 unspecified atom stereocenters. The second-order valence-corrected chi connectivity index (χ2v) is 10.1. The van der Waals surface area contributed by atoms with Crippen LogP contribution in [0.2, 0.25) is 0 Å². The summed E-state index contributed by atoms with van der Waals surface area (Å²) in [7, 11) is 0. The summed E-state index contributed by atoms with van der Waals surface area (Å²) in [6.07, 6.45) is -5.10. The lowest BCUT2D eigenvalue weighted by Gasteiger charge is -2.31. The molecule has 1 aliphatic heterocycles. The zero-order valence-corrected chi connectivity index (χ0v) is 20.9. The maximum Gasteiger partial charge on any atom is 0.417 e. The largest absolute Gasteiger partial charge is 0.459 e. The number of nitrogens with zero attached hydrogens (tertiary/aromatic N) is 2. The molecule has 12 heteroatoms. The molecule has 204 valence electrons. The van der Waals surface area contributed by atoms with E-state index in [1.54, 1.807) is 20.8 Å². The molecule has 0 spiro atoms. The minimum absolute atomic E-state index is 0.0630. The first-order valence-corrected chi connectivity index (χ1v) is 11.9. The summed E-state index contributed by atoms with van der Waals surface area (Å²) in [6.45, 7) is 4.65. The number of aromatic nitrogens is 1. The van der Waals surface area contributed by atoms with Gasteiger partial charge in [0.25, 0.3) is 11.8 Å². The third kappa shape index (κ3) is 6.40. The number of carbonyl (C=O) groups is 2. The summed E-state index contributed by atoms with van der Waals surface area (Å²) in [5.74, 6) is -3.18. The molecule has 0 radical (unpaired) electrons. The second kappa shape index (κ2) is 9.88. The van der Waals surface area contributed by atoms with Crippen molar-refractivity contribution < 1.29 is 40.7 Å². The molecule has 4 rings (SSSR count). The van der Waals surface area contributed by atoms with Gasteiger partial charge in [0.15, 0.2) is 0 Å². The van der Waals surface area contributed by atoms with Gasteiger partial charge in [-0.1, -0.05) is 0 Å². The number of likely N-dealkylation sites (tertiary alicyclic amines) is 1. The number of alkyl halides is 5. The molecule has 0 bridgehead atoms. The Hall–Kier alpha value is -3.70. The minimum Gasteiger partial charge on any atom is -0.459 e. The van der Waals surface area contributed by atoms with Crippen molar-refractivity contribution in [1.82, 2.24) is 15.2 Å². The van der Waals surface area contributed by atoms with E-state index in [2.05, 4.69) is 10.3 Å². The molecule has 1 aliphatic rings. The van der Waals surface area contributed by atoms with Gasteiger partial charge in [-0.05, 0) is 51.1 Å². The van der Waals surface area contributed by atoms with E-state index in [0.717, 1.165) is 6.07 Å².